The van der Waals surface area contributed by atoms with E-state index < -0.39 is 0 Å². The third-order valence-corrected chi connectivity index (χ3v) is 4.35. The summed E-state index contributed by atoms with van der Waals surface area (Å²) in [7, 11) is 0. The van der Waals surface area contributed by atoms with Gasteiger partial charge in [-0.05, 0) is 31.4 Å². The Morgan fingerprint density at radius 2 is 1.76 bits per heavy atom. The minimum absolute atomic E-state index is 0.0157. The number of benzene rings is 1. The highest BCUT2D eigenvalue weighted by atomic mass is 16.2. The first-order valence-corrected chi connectivity index (χ1v) is 9.00. The topological polar surface area (TPSA) is 78.5 Å². The molecule has 0 saturated heterocycles. The number of para-hydroxylation sites is 1. The van der Waals surface area contributed by atoms with Gasteiger partial charge in [-0.1, -0.05) is 38.0 Å². The average Bonchev–Trinajstić information content (AvgIpc) is 3.14. The van der Waals surface area contributed by atoms with Gasteiger partial charge in [0, 0.05) is 18.2 Å². The predicted molar refractivity (Wildman–Crippen MR) is 96.9 cm³/mol. The van der Waals surface area contributed by atoms with Gasteiger partial charge < -0.3 is 15.5 Å². The van der Waals surface area contributed by atoms with E-state index in [1.807, 2.05) is 25.1 Å². The van der Waals surface area contributed by atoms with Crippen LogP contribution in [0.2, 0.25) is 0 Å². The Bertz CT molecular complexity index is 583. The highest BCUT2D eigenvalue weighted by Gasteiger charge is 2.27. The molecule has 3 amide bonds. The first-order chi connectivity index (χ1) is 12.1. The maximum atomic E-state index is 12.5. The quantitative estimate of drug-likeness (QED) is 0.758. The summed E-state index contributed by atoms with van der Waals surface area (Å²) < 4.78 is 0. The number of hydrogen-bond acceptors (Lipinski definition) is 3. The van der Waals surface area contributed by atoms with E-state index in [-0.39, 0.29) is 36.7 Å². The lowest BCUT2D eigenvalue weighted by Gasteiger charge is -2.24. The van der Waals surface area contributed by atoms with Crippen LogP contribution in [0.15, 0.2) is 30.3 Å². The van der Waals surface area contributed by atoms with Crippen molar-refractivity contribution >= 4 is 23.4 Å². The van der Waals surface area contributed by atoms with Gasteiger partial charge in [-0.25, -0.2) is 0 Å². The Morgan fingerprint density at radius 3 is 2.40 bits per heavy atom. The average molecular weight is 345 g/mol. The van der Waals surface area contributed by atoms with Crippen LogP contribution in [0, 0.1) is 5.92 Å². The van der Waals surface area contributed by atoms with Crippen LogP contribution in [0.3, 0.4) is 0 Å². The number of nitrogens with one attached hydrogen (secondary N) is 2. The van der Waals surface area contributed by atoms with Crippen molar-refractivity contribution in [2.45, 2.75) is 39.0 Å². The fourth-order valence-electron chi connectivity index (χ4n) is 3.10. The number of hydrogen-bond donors (Lipinski definition) is 2. The third kappa shape index (κ3) is 6.21. The summed E-state index contributed by atoms with van der Waals surface area (Å²) in [4.78, 5) is 38.1. The van der Waals surface area contributed by atoms with Gasteiger partial charge in [-0.2, -0.15) is 0 Å². The summed E-state index contributed by atoms with van der Waals surface area (Å²) in [6, 6.07) is 9.07. The smallest absolute Gasteiger partial charge is 0.243 e. The lowest BCUT2D eigenvalue weighted by molar-refractivity contribution is -0.139. The van der Waals surface area contributed by atoms with E-state index in [4.69, 9.17) is 0 Å². The van der Waals surface area contributed by atoms with E-state index in [0.717, 1.165) is 32.1 Å². The summed E-state index contributed by atoms with van der Waals surface area (Å²) in [5.41, 5.74) is 0.686. The fraction of sp³-hybridized carbons (Fsp3) is 0.526. The van der Waals surface area contributed by atoms with Gasteiger partial charge in [0.25, 0.3) is 0 Å². The van der Waals surface area contributed by atoms with Crippen molar-refractivity contribution in [1.82, 2.24) is 10.2 Å². The van der Waals surface area contributed by atoms with E-state index in [1.54, 1.807) is 17.0 Å². The minimum Gasteiger partial charge on any atom is -0.345 e. The molecule has 25 heavy (non-hydrogen) atoms. The number of carbonyl (C=O) groups is 3. The molecule has 136 valence electrons. The summed E-state index contributed by atoms with van der Waals surface area (Å²) in [5.74, 6) is -0.462. The van der Waals surface area contributed by atoms with Gasteiger partial charge in [-0.15, -0.1) is 0 Å². The number of nitrogens with zero attached hydrogens (tertiary/aromatic N) is 1. The monoisotopic (exact) mass is 345 g/mol. The standard InChI is InChI=1S/C19H27N3O3/c1-2-12-22(19(25)15-8-6-7-9-15)14-18(24)20-13-17(23)21-16-10-4-3-5-11-16/h3-5,10-11,15H,2,6-9,12-14H2,1H3,(H,20,24)(H,21,23). The molecule has 1 aliphatic rings. The Labute approximate surface area is 149 Å². The molecule has 6 heteroatoms. The van der Waals surface area contributed by atoms with Crippen LogP contribution in [0.5, 0.6) is 0 Å². The largest absolute Gasteiger partial charge is 0.345 e. The van der Waals surface area contributed by atoms with Crippen LogP contribution in [-0.2, 0) is 14.4 Å². The Balaban J connectivity index is 1.78. The van der Waals surface area contributed by atoms with Gasteiger partial charge in [0.05, 0.1) is 13.1 Å². The van der Waals surface area contributed by atoms with Crippen molar-refractivity contribution in [3.63, 3.8) is 0 Å². The summed E-state index contributed by atoms with van der Waals surface area (Å²) in [6.45, 7) is 2.46. The van der Waals surface area contributed by atoms with E-state index in [2.05, 4.69) is 10.6 Å². The molecule has 1 fully saturated rings. The van der Waals surface area contributed by atoms with Gasteiger partial charge in [0.2, 0.25) is 17.7 Å². The van der Waals surface area contributed by atoms with E-state index in [1.165, 1.54) is 0 Å². The molecule has 0 spiro atoms. The van der Waals surface area contributed by atoms with Gasteiger partial charge in [0.1, 0.15) is 0 Å². The van der Waals surface area contributed by atoms with Crippen molar-refractivity contribution in [2.75, 3.05) is 25.0 Å². The maximum absolute atomic E-state index is 12.5. The number of anilines is 1. The molecule has 0 heterocycles. The second-order valence-electron chi connectivity index (χ2n) is 6.43. The first kappa shape index (κ1) is 19.0. The SMILES string of the molecule is CCCN(CC(=O)NCC(=O)Nc1ccccc1)C(=O)C1CCCC1. The zero-order valence-corrected chi connectivity index (χ0v) is 14.8. The first-order valence-electron chi connectivity index (χ1n) is 9.00. The molecule has 0 aromatic heterocycles. The Morgan fingerprint density at radius 1 is 1.08 bits per heavy atom. The summed E-state index contributed by atoms with van der Waals surface area (Å²) in [5, 5.41) is 5.30. The number of amides is 3. The lowest BCUT2D eigenvalue weighted by atomic mass is 10.1. The van der Waals surface area contributed by atoms with Crippen LogP contribution in [0.25, 0.3) is 0 Å². The van der Waals surface area contributed by atoms with Crippen molar-refractivity contribution in [3.05, 3.63) is 30.3 Å². The third-order valence-electron chi connectivity index (χ3n) is 4.35. The van der Waals surface area contributed by atoms with E-state index in [9.17, 15) is 14.4 Å². The van der Waals surface area contributed by atoms with Crippen molar-refractivity contribution < 1.29 is 14.4 Å². The van der Waals surface area contributed by atoms with Crippen molar-refractivity contribution in [3.8, 4) is 0 Å². The second-order valence-corrected chi connectivity index (χ2v) is 6.43. The van der Waals surface area contributed by atoms with Crippen LogP contribution >= 0.6 is 0 Å². The predicted octanol–water partition coefficient (Wildman–Crippen LogP) is 2.17. The summed E-state index contributed by atoms with van der Waals surface area (Å²) >= 11 is 0. The molecule has 0 atom stereocenters. The molecule has 2 rings (SSSR count). The van der Waals surface area contributed by atoms with Gasteiger partial charge in [-0.3, -0.25) is 14.4 Å². The van der Waals surface area contributed by atoms with Crippen LogP contribution in [-0.4, -0.2) is 42.3 Å². The van der Waals surface area contributed by atoms with Crippen LogP contribution < -0.4 is 10.6 Å². The molecule has 1 aromatic rings. The molecule has 0 unspecified atom stereocenters. The molecule has 0 bridgehead atoms. The molecule has 6 nitrogen and oxygen atoms in total. The molecule has 2 N–H and O–H groups in total. The molecule has 1 aliphatic carbocycles. The molecule has 1 saturated carbocycles. The van der Waals surface area contributed by atoms with E-state index in [0.29, 0.717) is 12.2 Å². The highest BCUT2D eigenvalue weighted by molar-refractivity contribution is 5.95. The zero-order chi connectivity index (χ0) is 18.1. The molecule has 0 aliphatic heterocycles. The molecule has 0 radical (unpaired) electrons. The van der Waals surface area contributed by atoms with Gasteiger partial charge >= 0.3 is 0 Å². The Hall–Kier alpha value is -2.37. The van der Waals surface area contributed by atoms with Gasteiger partial charge in [0.15, 0.2) is 0 Å². The van der Waals surface area contributed by atoms with Crippen molar-refractivity contribution in [2.24, 2.45) is 5.92 Å². The maximum Gasteiger partial charge on any atom is 0.243 e. The van der Waals surface area contributed by atoms with E-state index >= 15 is 0 Å². The van der Waals surface area contributed by atoms with Crippen LogP contribution in [0.4, 0.5) is 5.69 Å². The van der Waals surface area contributed by atoms with Crippen LogP contribution in [0.1, 0.15) is 39.0 Å². The Kier molecular flexibility index (Phi) is 7.44. The molecular weight excluding hydrogens is 318 g/mol. The molecule has 1 aromatic carbocycles. The van der Waals surface area contributed by atoms with Crippen molar-refractivity contribution in [1.29, 1.82) is 0 Å². The summed E-state index contributed by atoms with van der Waals surface area (Å²) in [6.07, 6.45) is 4.81. The number of rotatable bonds is 8. The lowest BCUT2D eigenvalue weighted by Crippen LogP contribution is -2.44. The molecular formula is C19H27N3O3. The normalized spacial score (nSPS) is 14.1. The zero-order valence-electron chi connectivity index (χ0n) is 14.8. The highest BCUT2D eigenvalue weighted by Crippen LogP contribution is 2.26. The second kappa shape index (κ2) is 9.81. The fourth-order valence-corrected chi connectivity index (χ4v) is 3.10. The number of carbonyl (C=O) groups excluding carboxylic acids is 3. The minimum atomic E-state index is -0.303.